The van der Waals surface area contributed by atoms with Gasteiger partial charge in [0.05, 0.1) is 5.25 Å². The van der Waals surface area contributed by atoms with Crippen molar-refractivity contribution in [3.05, 3.63) is 42.2 Å². The summed E-state index contributed by atoms with van der Waals surface area (Å²) in [7, 11) is 0. The Morgan fingerprint density at radius 1 is 1.42 bits per heavy atom. The Kier molecular flexibility index (Phi) is 4.97. The van der Waals surface area contributed by atoms with Gasteiger partial charge in [0.2, 0.25) is 5.91 Å². The smallest absolute Gasteiger partial charge is 0.233 e. The standard InChI is InChI=1S/C13H16N4OS/c1-2-11(19-13-15-9-16-17-13)12(18)14-8-10-6-4-3-5-7-10/h3-7,9,11H,2,8H2,1H3,(H,14,18)(H,15,16,17)/t11-/m0/s1. The van der Waals surface area contributed by atoms with E-state index in [4.69, 9.17) is 0 Å². The maximum Gasteiger partial charge on any atom is 0.233 e. The van der Waals surface area contributed by atoms with E-state index in [9.17, 15) is 4.79 Å². The van der Waals surface area contributed by atoms with Gasteiger partial charge >= 0.3 is 0 Å². The summed E-state index contributed by atoms with van der Waals surface area (Å²) >= 11 is 1.40. The predicted molar refractivity (Wildman–Crippen MR) is 74.6 cm³/mol. The van der Waals surface area contributed by atoms with Crippen molar-refractivity contribution in [3.63, 3.8) is 0 Å². The summed E-state index contributed by atoms with van der Waals surface area (Å²) in [5, 5.41) is 9.98. The summed E-state index contributed by atoms with van der Waals surface area (Å²) in [5.41, 5.74) is 1.09. The number of carbonyl (C=O) groups excluding carboxylic acids is 1. The zero-order valence-corrected chi connectivity index (χ0v) is 11.5. The number of nitrogens with zero attached hydrogens (tertiary/aromatic N) is 2. The Morgan fingerprint density at radius 2 is 2.21 bits per heavy atom. The molecule has 1 amide bonds. The van der Waals surface area contributed by atoms with Crippen molar-refractivity contribution in [1.82, 2.24) is 20.5 Å². The van der Waals surface area contributed by atoms with Gasteiger partial charge in [-0.3, -0.25) is 9.89 Å². The molecule has 2 rings (SSSR count). The second-order valence-electron chi connectivity index (χ2n) is 4.01. The molecular weight excluding hydrogens is 260 g/mol. The molecule has 0 aliphatic rings. The third-order valence-electron chi connectivity index (χ3n) is 2.62. The van der Waals surface area contributed by atoms with E-state index >= 15 is 0 Å². The van der Waals surface area contributed by atoms with Crippen molar-refractivity contribution in [2.24, 2.45) is 0 Å². The molecule has 0 spiro atoms. The number of H-pyrrole nitrogens is 1. The summed E-state index contributed by atoms with van der Waals surface area (Å²) < 4.78 is 0. The molecule has 0 unspecified atom stereocenters. The Bertz CT molecular complexity index is 501. The number of hydrogen-bond donors (Lipinski definition) is 2. The van der Waals surface area contributed by atoms with Crippen molar-refractivity contribution in [3.8, 4) is 0 Å². The number of aromatic nitrogens is 3. The minimum Gasteiger partial charge on any atom is -0.351 e. The van der Waals surface area contributed by atoms with Crippen LogP contribution in [0.4, 0.5) is 0 Å². The Hall–Kier alpha value is -1.82. The van der Waals surface area contributed by atoms with E-state index in [0.717, 1.165) is 12.0 Å². The van der Waals surface area contributed by atoms with E-state index in [-0.39, 0.29) is 11.2 Å². The molecule has 0 saturated carbocycles. The highest BCUT2D eigenvalue weighted by Crippen LogP contribution is 2.21. The number of amides is 1. The van der Waals surface area contributed by atoms with Crippen molar-refractivity contribution < 1.29 is 4.79 Å². The summed E-state index contributed by atoms with van der Waals surface area (Å²) in [6.45, 7) is 2.53. The van der Waals surface area contributed by atoms with Gasteiger partial charge in [-0.25, -0.2) is 4.98 Å². The average molecular weight is 276 g/mol. The highest BCUT2D eigenvalue weighted by Gasteiger charge is 2.18. The van der Waals surface area contributed by atoms with Crippen LogP contribution in [-0.4, -0.2) is 26.3 Å². The Balaban J connectivity index is 1.87. The maximum atomic E-state index is 12.1. The molecule has 1 atom stereocenters. The quantitative estimate of drug-likeness (QED) is 0.792. The number of benzene rings is 1. The van der Waals surface area contributed by atoms with Crippen LogP contribution >= 0.6 is 11.8 Å². The third-order valence-corrected chi connectivity index (χ3v) is 3.87. The fourth-order valence-corrected chi connectivity index (χ4v) is 2.45. The number of nitrogens with one attached hydrogen (secondary N) is 2. The molecule has 0 fully saturated rings. The molecule has 19 heavy (non-hydrogen) atoms. The van der Waals surface area contributed by atoms with Crippen molar-refractivity contribution in [1.29, 1.82) is 0 Å². The molecule has 5 nitrogen and oxygen atoms in total. The lowest BCUT2D eigenvalue weighted by atomic mass is 10.2. The van der Waals surface area contributed by atoms with Gasteiger partial charge in [0, 0.05) is 6.54 Å². The molecule has 0 bridgehead atoms. The fourth-order valence-electron chi connectivity index (χ4n) is 1.61. The van der Waals surface area contributed by atoms with E-state index in [2.05, 4.69) is 20.5 Å². The number of hydrogen-bond acceptors (Lipinski definition) is 4. The minimum atomic E-state index is -0.156. The first-order chi connectivity index (χ1) is 9.29. The molecule has 1 aromatic carbocycles. The van der Waals surface area contributed by atoms with Crippen LogP contribution in [0.2, 0.25) is 0 Å². The topological polar surface area (TPSA) is 70.7 Å². The number of thioether (sulfide) groups is 1. The van der Waals surface area contributed by atoms with Gasteiger partial charge in [0.15, 0.2) is 5.16 Å². The van der Waals surface area contributed by atoms with Crippen LogP contribution in [0.5, 0.6) is 0 Å². The third kappa shape index (κ3) is 4.10. The normalized spacial score (nSPS) is 12.1. The van der Waals surface area contributed by atoms with Gasteiger partial charge < -0.3 is 5.32 Å². The zero-order chi connectivity index (χ0) is 13.5. The largest absolute Gasteiger partial charge is 0.351 e. The van der Waals surface area contributed by atoms with Crippen molar-refractivity contribution in [2.45, 2.75) is 30.3 Å². The molecule has 0 aliphatic carbocycles. The van der Waals surface area contributed by atoms with Gasteiger partial charge in [-0.05, 0) is 12.0 Å². The summed E-state index contributed by atoms with van der Waals surface area (Å²) in [6.07, 6.45) is 2.18. The van der Waals surface area contributed by atoms with Gasteiger partial charge in [0.25, 0.3) is 0 Å². The van der Waals surface area contributed by atoms with Crippen LogP contribution in [0.1, 0.15) is 18.9 Å². The van der Waals surface area contributed by atoms with Crippen LogP contribution in [-0.2, 0) is 11.3 Å². The molecule has 6 heteroatoms. The molecular formula is C13H16N4OS. The molecule has 2 aromatic rings. The minimum absolute atomic E-state index is 0.0211. The Morgan fingerprint density at radius 3 is 2.84 bits per heavy atom. The predicted octanol–water partition coefficient (Wildman–Crippen LogP) is 1.99. The first-order valence-electron chi connectivity index (χ1n) is 6.13. The first kappa shape index (κ1) is 13.6. The second-order valence-corrected chi connectivity index (χ2v) is 5.20. The van der Waals surface area contributed by atoms with Crippen molar-refractivity contribution in [2.75, 3.05) is 0 Å². The highest BCUT2D eigenvalue weighted by molar-refractivity contribution is 8.00. The monoisotopic (exact) mass is 276 g/mol. The van der Waals surface area contributed by atoms with Crippen LogP contribution in [0.3, 0.4) is 0 Å². The Labute approximate surface area is 116 Å². The highest BCUT2D eigenvalue weighted by atomic mass is 32.2. The number of carbonyl (C=O) groups is 1. The lowest BCUT2D eigenvalue weighted by Crippen LogP contribution is -2.31. The van der Waals surface area contributed by atoms with Gasteiger partial charge in [0.1, 0.15) is 6.33 Å². The summed E-state index contributed by atoms with van der Waals surface area (Å²) in [5.74, 6) is 0.0211. The lowest BCUT2D eigenvalue weighted by Gasteiger charge is -2.13. The molecule has 1 aromatic heterocycles. The van der Waals surface area contributed by atoms with Gasteiger partial charge in [-0.1, -0.05) is 49.0 Å². The number of aromatic amines is 1. The first-order valence-corrected chi connectivity index (χ1v) is 7.01. The van der Waals surface area contributed by atoms with Crippen LogP contribution < -0.4 is 5.32 Å². The second kappa shape index (κ2) is 6.94. The van der Waals surface area contributed by atoms with Crippen LogP contribution in [0, 0.1) is 0 Å². The fraction of sp³-hybridized carbons (Fsp3) is 0.308. The summed E-state index contributed by atoms with van der Waals surface area (Å²) in [4.78, 5) is 16.1. The lowest BCUT2D eigenvalue weighted by molar-refractivity contribution is -0.120. The van der Waals surface area contributed by atoms with E-state index < -0.39 is 0 Å². The van der Waals surface area contributed by atoms with Crippen LogP contribution in [0.15, 0.2) is 41.8 Å². The summed E-state index contributed by atoms with van der Waals surface area (Å²) in [6, 6.07) is 9.86. The van der Waals surface area contributed by atoms with Crippen LogP contribution in [0.25, 0.3) is 0 Å². The number of rotatable bonds is 6. The van der Waals surface area contributed by atoms with E-state index in [1.165, 1.54) is 18.1 Å². The maximum absolute atomic E-state index is 12.1. The molecule has 0 radical (unpaired) electrons. The average Bonchev–Trinajstić information content (AvgIpc) is 2.96. The van der Waals surface area contributed by atoms with E-state index in [1.54, 1.807) is 0 Å². The van der Waals surface area contributed by atoms with Gasteiger partial charge in [-0.15, -0.1) is 0 Å². The molecule has 100 valence electrons. The molecule has 0 saturated heterocycles. The molecule has 1 heterocycles. The molecule has 2 N–H and O–H groups in total. The zero-order valence-electron chi connectivity index (χ0n) is 10.7. The molecule has 0 aliphatic heterocycles. The van der Waals surface area contributed by atoms with Crippen molar-refractivity contribution >= 4 is 17.7 Å². The van der Waals surface area contributed by atoms with Gasteiger partial charge in [-0.2, -0.15) is 5.10 Å². The van der Waals surface area contributed by atoms with E-state index in [1.807, 2.05) is 37.3 Å². The van der Waals surface area contributed by atoms with E-state index in [0.29, 0.717) is 11.7 Å². The SMILES string of the molecule is CC[C@H](Sc1ncn[nH]1)C(=O)NCc1ccccc1.